The Hall–Kier alpha value is -1.83. The summed E-state index contributed by atoms with van der Waals surface area (Å²) in [6.45, 7) is 8.64. The molecular formula is C16H18N2. The van der Waals surface area contributed by atoms with Gasteiger partial charge in [0, 0.05) is 23.0 Å². The second-order valence-corrected chi connectivity index (χ2v) is 5.75. The van der Waals surface area contributed by atoms with Crippen LogP contribution < -0.4 is 15.8 Å². The van der Waals surface area contributed by atoms with Gasteiger partial charge >= 0.3 is 0 Å². The van der Waals surface area contributed by atoms with Crippen LogP contribution in [0.25, 0.3) is 11.6 Å². The van der Waals surface area contributed by atoms with Gasteiger partial charge in [-0.15, -0.1) is 0 Å². The Morgan fingerprint density at radius 2 is 1.94 bits per heavy atom. The molecule has 0 spiro atoms. The van der Waals surface area contributed by atoms with E-state index in [4.69, 9.17) is 0 Å². The molecule has 2 heterocycles. The summed E-state index contributed by atoms with van der Waals surface area (Å²) in [5.74, 6) is 0. The average Bonchev–Trinajstić information content (AvgIpc) is 2.32. The first-order valence-electron chi connectivity index (χ1n) is 6.34. The van der Waals surface area contributed by atoms with Gasteiger partial charge in [-0.1, -0.05) is 32.1 Å². The Morgan fingerprint density at radius 1 is 1.17 bits per heavy atom. The Balaban J connectivity index is 2.37. The van der Waals surface area contributed by atoms with E-state index in [0.29, 0.717) is 0 Å². The summed E-state index contributed by atoms with van der Waals surface area (Å²) in [6.07, 6.45) is 6.36. The molecule has 1 N–H and O–H groups in total. The maximum absolute atomic E-state index is 4.66. The molecule has 0 bridgehead atoms. The van der Waals surface area contributed by atoms with E-state index in [-0.39, 0.29) is 5.41 Å². The summed E-state index contributed by atoms with van der Waals surface area (Å²) in [4.78, 5) is 4.66. The minimum Gasteiger partial charge on any atom is -0.359 e. The summed E-state index contributed by atoms with van der Waals surface area (Å²) in [5, 5.41) is 5.86. The fourth-order valence-electron chi connectivity index (χ4n) is 2.49. The van der Waals surface area contributed by atoms with Crippen molar-refractivity contribution < 1.29 is 0 Å². The van der Waals surface area contributed by atoms with Gasteiger partial charge in [0.05, 0.1) is 11.4 Å². The van der Waals surface area contributed by atoms with Gasteiger partial charge in [-0.25, -0.2) is 0 Å². The molecule has 0 amide bonds. The van der Waals surface area contributed by atoms with Gasteiger partial charge < -0.3 is 5.32 Å². The molecule has 2 heteroatoms. The monoisotopic (exact) mass is 238 g/mol. The lowest BCUT2D eigenvalue weighted by atomic mass is 9.90. The number of nitrogens with zero attached hydrogens (tertiary/aromatic N) is 1. The van der Waals surface area contributed by atoms with Crippen molar-refractivity contribution in [3.63, 3.8) is 0 Å². The third-order valence-electron chi connectivity index (χ3n) is 3.69. The average molecular weight is 238 g/mol. The van der Waals surface area contributed by atoms with Crippen molar-refractivity contribution in [3.05, 3.63) is 34.3 Å². The maximum Gasteiger partial charge on any atom is 0.0936 e. The van der Waals surface area contributed by atoms with Crippen molar-refractivity contribution in [1.82, 2.24) is 0 Å². The number of allylic oxidation sites excluding steroid dienone is 1. The molecule has 0 aromatic heterocycles. The molecule has 18 heavy (non-hydrogen) atoms. The summed E-state index contributed by atoms with van der Waals surface area (Å²) in [5.41, 5.74) is 4.85. The number of nitrogens with one attached hydrogen (secondary N) is 1. The van der Waals surface area contributed by atoms with E-state index in [9.17, 15) is 0 Å². The first-order chi connectivity index (χ1) is 8.48. The largest absolute Gasteiger partial charge is 0.359 e. The van der Waals surface area contributed by atoms with Gasteiger partial charge in [0.2, 0.25) is 0 Å². The van der Waals surface area contributed by atoms with Gasteiger partial charge in [-0.2, -0.15) is 0 Å². The minimum absolute atomic E-state index is 0.0421. The molecule has 1 aromatic carbocycles. The van der Waals surface area contributed by atoms with Crippen LogP contribution in [-0.4, -0.2) is 6.21 Å². The van der Waals surface area contributed by atoms with Crippen LogP contribution in [0.15, 0.2) is 28.9 Å². The smallest absolute Gasteiger partial charge is 0.0936 e. The summed E-state index contributed by atoms with van der Waals surface area (Å²) in [6, 6.07) is 4.37. The number of hydrogen-bond donors (Lipinski definition) is 1. The van der Waals surface area contributed by atoms with Gasteiger partial charge in [-0.05, 0) is 30.2 Å². The first-order valence-corrected chi connectivity index (χ1v) is 6.34. The maximum atomic E-state index is 4.66. The highest BCUT2D eigenvalue weighted by Gasteiger charge is 2.18. The Morgan fingerprint density at radius 3 is 2.72 bits per heavy atom. The zero-order valence-corrected chi connectivity index (χ0v) is 11.3. The van der Waals surface area contributed by atoms with E-state index < -0.39 is 0 Å². The number of fused-ring (bicyclic) bond motifs is 3. The van der Waals surface area contributed by atoms with E-state index in [1.807, 2.05) is 6.21 Å². The van der Waals surface area contributed by atoms with Gasteiger partial charge in [0.1, 0.15) is 0 Å². The van der Waals surface area contributed by atoms with E-state index in [1.54, 1.807) is 0 Å². The van der Waals surface area contributed by atoms with Crippen LogP contribution >= 0.6 is 0 Å². The van der Waals surface area contributed by atoms with Crippen molar-refractivity contribution >= 4 is 29.2 Å². The molecule has 0 saturated heterocycles. The number of anilines is 1. The normalized spacial score (nSPS) is 19.3. The van der Waals surface area contributed by atoms with Crippen molar-refractivity contribution in [2.45, 2.75) is 27.7 Å². The van der Waals surface area contributed by atoms with E-state index >= 15 is 0 Å². The third-order valence-corrected chi connectivity index (χ3v) is 3.69. The van der Waals surface area contributed by atoms with Crippen LogP contribution in [0.3, 0.4) is 0 Å². The second-order valence-electron chi connectivity index (χ2n) is 5.75. The molecule has 92 valence electrons. The predicted octanol–water partition coefficient (Wildman–Crippen LogP) is 2.71. The number of benzene rings is 1. The molecule has 2 aliphatic heterocycles. The van der Waals surface area contributed by atoms with Crippen molar-refractivity contribution in [2.75, 3.05) is 5.32 Å². The van der Waals surface area contributed by atoms with E-state index in [1.165, 1.54) is 21.6 Å². The Bertz CT molecular complexity index is 703. The molecule has 3 rings (SSSR count). The lowest BCUT2D eigenvalue weighted by Gasteiger charge is -2.22. The molecule has 0 radical (unpaired) electrons. The highest BCUT2D eigenvalue weighted by Crippen LogP contribution is 2.27. The van der Waals surface area contributed by atoms with Crippen molar-refractivity contribution in [1.29, 1.82) is 0 Å². The molecular weight excluding hydrogens is 220 g/mol. The van der Waals surface area contributed by atoms with Gasteiger partial charge in [0.25, 0.3) is 0 Å². The Labute approximate surface area is 107 Å². The molecule has 0 saturated carbocycles. The van der Waals surface area contributed by atoms with Gasteiger partial charge in [-0.3, -0.25) is 4.99 Å². The SMILES string of the molecule is CC1=CNc2c3c(ccc2=C1C)=CC(C)(C)C=N3. The lowest BCUT2D eigenvalue weighted by Crippen LogP contribution is -2.25. The van der Waals surface area contributed by atoms with E-state index in [2.05, 4.69) is 62.4 Å². The zero-order valence-electron chi connectivity index (χ0n) is 11.3. The van der Waals surface area contributed by atoms with Crippen LogP contribution in [-0.2, 0) is 0 Å². The van der Waals surface area contributed by atoms with Crippen LogP contribution in [0, 0.1) is 5.41 Å². The van der Waals surface area contributed by atoms with Crippen molar-refractivity contribution in [3.8, 4) is 0 Å². The Kier molecular flexibility index (Phi) is 2.24. The topological polar surface area (TPSA) is 24.4 Å². The first kappa shape index (κ1) is 11.3. The molecule has 0 atom stereocenters. The standard InChI is InChI=1S/C16H18N2/c1-10-8-17-15-13(11(10)2)6-5-12-7-16(3,4)9-18-14(12)15/h5-9,17H,1-4H3. The number of rotatable bonds is 0. The lowest BCUT2D eigenvalue weighted by molar-refractivity contribution is 0.735. The highest BCUT2D eigenvalue weighted by molar-refractivity contribution is 5.87. The fourth-order valence-corrected chi connectivity index (χ4v) is 2.49. The summed E-state index contributed by atoms with van der Waals surface area (Å²) < 4.78 is 0. The number of hydrogen-bond acceptors (Lipinski definition) is 2. The molecule has 0 fully saturated rings. The zero-order chi connectivity index (χ0) is 12.9. The van der Waals surface area contributed by atoms with Crippen LogP contribution in [0.2, 0.25) is 0 Å². The highest BCUT2D eigenvalue weighted by atomic mass is 14.9. The fraction of sp³-hybridized carbons (Fsp3) is 0.312. The molecule has 0 unspecified atom stereocenters. The van der Waals surface area contributed by atoms with Crippen LogP contribution in [0.1, 0.15) is 27.7 Å². The molecule has 0 aliphatic carbocycles. The van der Waals surface area contributed by atoms with Crippen LogP contribution in [0.5, 0.6) is 0 Å². The van der Waals surface area contributed by atoms with E-state index in [0.717, 1.165) is 11.4 Å². The molecule has 1 aromatic rings. The minimum atomic E-state index is 0.0421. The molecule has 2 aliphatic rings. The number of aliphatic imine (C=N–C) groups is 1. The van der Waals surface area contributed by atoms with Crippen LogP contribution in [0.4, 0.5) is 11.4 Å². The third kappa shape index (κ3) is 1.60. The molecule has 2 nitrogen and oxygen atoms in total. The summed E-state index contributed by atoms with van der Waals surface area (Å²) in [7, 11) is 0. The quantitative estimate of drug-likeness (QED) is 0.738. The van der Waals surface area contributed by atoms with Crippen molar-refractivity contribution in [2.24, 2.45) is 10.4 Å². The second kappa shape index (κ2) is 3.58. The van der Waals surface area contributed by atoms with Gasteiger partial charge in [0.15, 0.2) is 0 Å². The predicted molar refractivity (Wildman–Crippen MR) is 78.6 cm³/mol. The summed E-state index contributed by atoms with van der Waals surface area (Å²) >= 11 is 0.